The van der Waals surface area contributed by atoms with Crippen molar-refractivity contribution in [3.05, 3.63) is 0 Å². The predicted octanol–water partition coefficient (Wildman–Crippen LogP) is 0.511. The van der Waals surface area contributed by atoms with Crippen LogP contribution >= 0.6 is 11.8 Å². The summed E-state index contributed by atoms with van der Waals surface area (Å²) < 4.78 is 57.3. The van der Waals surface area contributed by atoms with Gasteiger partial charge in [0.15, 0.2) is 0 Å². The molecule has 0 aromatic carbocycles. The quantitative estimate of drug-likeness (QED) is 0.0637. The minimum atomic E-state index is -3.44. The van der Waals surface area contributed by atoms with Gasteiger partial charge in [0, 0.05) is 56.4 Å². The maximum Gasteiger partial charge on any atom is 0.249 e. The zero-order chi connectivity index (χ0) is 49.3. The van der Waals surface area contributed by atoms with Crippen LogP contribution in [0, 0.1) is 35.5 Å². The Morgan fingerprint density at radius 2 is 1.57 bits per heavy atom. The van der Waals surface area contributed by atoms with E-state index in [2.05, 4.69) is 31.9 Å². The van der Waals surface area contributed by atoms with E-state index in [9.17, 15) is 50.4 Å². The highest BCUT2D eigenvalue weighted by atomic mass is 32.2. The molecule has 7 unspecified atom stereocenters. The van der Waals surface area contributed by atoms with Crippen molar-refractivity contribution in [2.24, 2.45) is 35.5 Å². The Hall–Kier alpha value is -3.22. The normalized spacial score (nSPS) is 31.0. The maximum atomic E-state index is 13.7. The predicted molar refractivity (Wildman–Crippen MR) is 257 cm³/mol. The van der Waals surface area contributed by atoms with Crippen molar-refractivity contribution in [3.63, 3.8) is 0 Å². The Labute approximate surface area is 411 Å². The Bertz CT molecular complexity index is 2100. The average Bonchev–Trinajstić information content (AvgIpc) is 4.07. The lowest BCUT2D eigenvalue weighted by Crippen LogP contribution is -2.55. The van der Waals surface area contributed by atoms with Crippen LogP contribution < -0.4 is 31.9 Å². The summed E-state index contributed by atoms with van der Waals surface area (Å²) in [4.78, 5) is 91.9. The topological polar surface area (TPSA) is 276 Å². The Balaban J connectivity index is 0.766. The number of amides is 7. The molecule has 7 amide bonds. The molecule has 23 heteroatoms. The lowest BCUT2D eigenvalue weighted by Gasteiger charge is -2.31. The monoisotopic (exact) mass is 1030 g/mol. The third-order valence-corrected chi connectivity index (χ3v) is 19.7. The van der Waals surface area contributed by atoms with Crippen LogP contribution in [0.4, 0.5) is 0 Å². The summed E-state index contributed by atoms with van der Waals surface area (Å²) >= 11 is 1.65. The van der Waals surface area contributed by atoms with Crippen molar-refractivity contribution < 1.29 is 55.1 Å². The summed E-state index contributed by atoms with van der Waals surface area (Å²) in [5, 5.41) is 18.0. The highest BCUT2D eigenvalue weighted by molar-refractivity contribution is 8.00. The molecule has 69 heavy (non-hydrogen) atoms. The minimum absolute atomic E-state index is 0.0120. The number of unbranched alkanes of at least 4 members (excludes halogenated alkanes) is 1. The fourth-order valence-corrected chi connectivity index (χ4v) is 15.0. The molecule has 0 bridgehead atoms. The number of carbonyl (C=O) groups excluding carboxylic acids is 7. The number of hydrogen-bond donors (Lipinski definition) is 6. The van der Waals surface area contributed by atoms with Crippen LogP contribution in [0.15, 0.2) is 0 Å². The van der Waals surface area contributed by atoms with Gasteiger partial charge < -0.3 is 26.0 Å². The minimum Gasteiger partial charge on any atom is -0.378 e. The molecular formula is C46H74N8O12S3. The Morgan fingerprint density at radius 3 is 2.29 bits per heavy atom. The lowest BCUT2D eigenvalue weighted by atomic mass is 9.77. The molecule has 4 saturated heterocycles. The van der Waals surface area contributed by atoms with Crippen molar-refractivity contribution in [1.82, 2.24) is 41.1 Å². The van der Waals surface area contributed by atoms with Gasteiger partial charge in [-0.25, -0.2) is 21.1 Å². The second-order valence-electron chi connectivity index (χ2n) is 20.5. The average molecular weight is 1030 g/mol. The summed E-state index contributed by atoms with van der Waals surface area (Å²) in [7, 11) is -6.80. The molecular weight excluding hydrogens is 953 g/mol. The molecule has 0 aromatic rings. The SMILES string of the molecule is CS(=O)(=O)N1CCC(C(=O)N[C@@H](COCC2CCC(C(=O)NCCCCS(=O)(=O)CCCNC3CCCC4C(=O)N(C5CCC(=O)NC5=O)C(=O)C34)CC2)C(=O)NC2NC(C3CCCCC3)CS2)C1. The summed E-state index contributed by atoms with van der Waals surface area (Å²) in [5.74, 6) is -2.93. The highest BCUT2D eigenvalue weighted by Crippen LogP contribution is 2.40. The van der Waals surface area contributed by atoms with E-state index in [0.717, 1.165) is 36.2 Å². The first-order valence-corrected chi connectivity index (χ1v) is 30.1. The van der Waals surface area contributed by atoms with Crippen LogP contribution in [0.5, 0.6) is 0 Å². The zero-order valence-electron chi connectivity index (χ0n) is 40.0. The molecule has 6 N–H and O–H groups in total. The van der Waals surface area contributed by atoms with Gasteiger partial charge in [-0.3, -0.25) is 49.1 Å². The number of hydrogen-bond acceptors (Lipinski definition) is 15. The number of fused-ring (bicyclic) bond motifs is 1. The number of nitrogens with zero attached hydrogens (tertiary/aromatic N) is 2. The molecule has 4 heterocycles. The number of carbonyl (C=O) groups is 7. The molecule has 388 valence electrons. The van der Waals surface area contributed by atoms with Crippen molar-refractivity contribution in [2.45, 2.75) is 145 Å². The van der Waals surface area contributed by atoms with E-state index in [1.54, 1.807) is 11.8 Å². The van der Waals surface area contributed by atoms with Gasteiger partial charge >= 0.3 is 0 Å². The summed E-state index contributed by atoms with van der Waals surface area (Å²) in [5.41, 5.74) is -0.284. The first kappa shape index (κ1) is 53.6. The van der Waals surface area contributed by atoms with Crippen molar-refractivity contribution in [2.75, 3.05) is 62.9 Å². The number of ether oxygens (including phenoxy) is 1. The van der Waals surface area contributed by atoms with E-state index in [1.165, 1.54) is 36.4 Å². The van der Waals surface area contributed by atoms with Gasteiger partial charge in [-0.15, -0.1) is 11.8 Å². The van der Waals surface area contributed by atoms with Crippen LogP contribution in [0.25, 0.3) is 0 Å². The van der Waals surface area contributed by atoms with Crippen LogP contribution in [0.1, 0.15) is 116 Å². The molecule has 7 rings (SSSR count). The fourth-order valence-electron chi connectivity index (χ4n) is 11.5. The first-order valence-electron chi connectivity index (χ1n) is 25.4. The van der Waals surface area contributed by atoms with Crippen LogP contribution in [0.3, 0.4) is 0 Å². The number of thioether (sulfide) groups is 1. The van der Waals surface area contributed by atoms with Gasteiger partial charge in [-0.2, -0.15) is 0 Å². The number of likely N-dealkylation sites (tertiary alicyclic amines) is 1. The number of nitrogens with one attached hydrogen (secondary N) is 6. The summed E-state index contributed by atoms with van der Waals surface area (Å²) in [6.45, 7) is 1.35. The molecule has 3 saturated carbocycles. The summed E-state index contributed by atoms with van der Waals surface area (Å²) in [6, 6.07) is -1.94. The molecule has 20 nitrogen and oxygen atoms in total. The third-order valence-electron chi connectivity index (χ3n) is 15.5. The summed E-state index contributed by atoms with van der Waals surface area (Å²) in [6.07, 6.45) is 13.7. The van der Waals surface area contributed by atoms with E-state index in [0.29, 0.717) is 83.0 Å². The van der Waals surface area contributed by atoms with Gasteiger partial charge in [-0.1, -0.05) is 25.7 Å². The Morgan fingerprint density at radius 1 is 0.812 bits per heavy atom. The largest absolute Gasteiger partial charge is 0.378 e. The van der Waals surface area contributed by atoms with Crippen LogP contribution in [-0.4, -0.2) is 160 Å². The van der Waals surface area contributed by atoms with Crippen LogP contribution in [0.2, 0.25) is 0 Å². The van der Waals surface area contributed by atoms with Gasteiger partial charge in [-0.05, 0) is 102 Å². The van der Waals surface area contributed by atoms with E-state index < -0.39 is 67.4 Å². The molecule has 7 fully saturated rings. The molecule has 8 atom stereocenters. The number of rotatable bonds is 22. The number of sulfonamides is 1. The van der Waals surface area contributed by atoms with E-state index in [-0.39, 0.29) is 91.0 Å². The number of piperidine rings is 1. The van der Waals surface area contributed by atoms with Crippen molar-refractivity contribution >= 4 is 73.0 Å². The van der Waals surface area contributed by atoms with Gasteiger partial charge in [0.05, 0.1) is 42.1 Å². The third kappa shape index (κ3) is 14.5. The molecule has 3 aliphatic carbocycles. The van der Waals surface area contributed by atoms with Crippen molar-refractivity contribution in [1.29, 1.82) is 0 Å². The second-order valence-corrected chi connectivity index (χ2v) is 25.9. The molecule has 4 aliphatic heterocycles. The van der Waals surface area contributed by atoms with Gasteiger partial charge in [0.25, 0.3) is 0 Å². The van der Waals surface area contributed by atoms with Crippen LogP contribution in [-0.2, 0) is 58.2 Å². The molecule has 0 radical (unpaired) electrons. The van der Waals surface area contributed by atoms with E-state index in [4.69, 9.17) is 4.74 Å². The maximum absolute atomic E-state index is 13.7. The van der Waals surface area contributed by atoms with Crippen molar-refractivity contribution in [3.8, 4) is 0 Å². The standard InChI is InChI=1S/C46H74N8O12S3/c1-68(62,63)53-22-19-32(25-53)41(57)49-35(42(58)52-46-50-36(28-67-46)30-9-3-2-4-10-30)27-66-26-29-13-15-31(16-14-29)40(56)48-20-5-6-23-69(64,65)24-8-21-47-34-12-7-11-33-39(34)45(61)54(44(33)60)37-17-18-38(55)51-43(37)59/h29-37,39,46-47,50H,2-28H2,1H3,(H,48,56)(H,49,57)(H,52,58)(H,51,55,59)/t29?,31?,32?,33?,34?,35-,36?,37?,39?,46?/m0/s1. The Kier molecular flexibility index (Phi) is 19.0. The molecule has 0 aromatic heterocycles. The number of sulfone groups is 1. The smallest absolute Gasteiger partial charge is 0.249 e. The lowest BCUT2D eigenvalue weighted by molar-refractivity contribution is -0.151. The highest BCUT2D eigenvalue weighted by Gasteiger charge is 2.55. The fraction of sp³-hybridized carbons (Fsp3) is 0.848. The molecule has 7 aliphatic rings. The van der Waals surface area contributed by atoms with Gasteiger partial charge in [0.1, 0.15) is 27.4 Å². The van der Waals surface area contributed by atoms with E-state index in [1.807, 2.05) is 0 Å². The van der Waals surface area contributed by atoms with E-state index >= 15 is 0 Å². The molecule has 0 spiro atoms. The first-order chi connectivity index (χ1) is 33.0. The van der Waals surface area contributed by atoms with Gasteiger partial charge in [0.2, 0.25) is 51.4 Å². The zero-order valence-corrected chi connectivity index (χ0v) is 42.4. The number of imide groups is 2. The second kappa shape index (κ2) is 24.5.